The summed E-state index contributed by atoms with van der Waals surface area (Å²) in [6.45, 7) is 0. The molecule has 23 heavy (non-hydrogen) atoms. The molecule has 1 aromatic heterocycles. The molecule has 3 nitrogen and oxygen atoms in total. The molecule has 3 rings (SSSR count). The predicted molar refractivity (Wildman–Crippen MR) is 94.4 cm³/mol. The molecule has 0 unspecified atom stereocenters. The van der Waals surface area contributed by atoms with Gasteiger partial charge in [-0.15, -0.1) is 0 Å². The molecular weight excluding hydrogens is 282 g/mol. The molecule has 114 valence electrons. The van der Waals surface area contributed by atoms with Gasteiger partial charge in [-0.25, -0.2) is 0 Å². The van der Waals surface area contributed by atoms with E-state index in [9.17, 15) is 0 Å². The number of hydrogen-bond donors (Lipinski definition) is 2. The third kappa shape index (κ3) is 3.40. The minimum atomic E-state index is 0.646. The van der Waals surface area contributed by atoms with E-state index in [1.54, 1.807) is 6.20 Å². The number of nitrogens with zero attached hydrogens (tertiary/aromatic N) is 1. The van der Waals surface area contributed by atoms with Crippen molar-refractivity contribution in [2.24, 2.45) is 11.5 Å². The van der Waals surface area contributed by atoms with Gasteiger partial charge in [-0.2, -0.15) is 0 Å². The summed E-state index contributed by atoms with van der Waals surface area (Å²) in [5.41, 5.74) is 16.3. The number of nitrogens with two attached hydrogens (primary N) is 2. The first-order valence-corrected chi connectivity index (χ1v) is 7.53. The molecule has 0 spiro atoms. The van der Waals surface area contributed by atoms with Crippen LogP contribution in [-0.4, -0.2) is 4.98 Å². The van der Waals surface area contributed by atoms with Gasteiger partial charge in [0, 0.05) is 40.6 Å². The quantitative estimate of drug-likeness (QED) is 0.770. The number of aromatic nitrogens is 1. The molecule has 0 aliphatic heterocycles. The van der Waals surface area contributed by atoms with Crippen molar-refractivity contribution in [2.75, 3.05) is 0 Å². The van der Waals surface area contributed by atoms with Crippen molar-refractivity contribution in [3.8, 4) is 0 Å². The first-order chi connectivity index (χ1) is 11.3. The van der Waals surface area contributed by atoms with Crippen LogP contribution in [0.2, 0.25) is 0 Å². The first kappa shape index (κ1) is 14.9. The maximum Gasteiger partial charge on any atom is 0.0467 e. The van der Waals surface area contributed by atoms with Gasteiger partial charge >= 0.3 is 0 Å². The van der Waals surface area contributed by atoms with E-state index in [4.69, 9.17) is 11.5 Å². The third-order valence-electron chi connectivity index (χ3n) is 3.77. The van der Waals surface area contributed by atoms with Gasteiger partial charge in [0.25, 0.3) is 0 Å². The normalized spacial score (nSPS) is 13.4. The van der Waals surface area contributed by atoms with E-state index in [-0.39, 0.29) is 0 Å². The Bertz CT molecular complexity index is 900. The van der Waals surface area contributed by atoms with Crippen LogP contribution in [0, 0.1) is 0 Å². The van der Waals surface area contributed by atoms with E-state index in [0.717, 1.165) is 33.0 Å². The molecule has 1 heterocycles. The Morgan fingerprint density at radius 2 is 1.48 bits per heavy atom. The van der Waals surface area contributed by atoms with Crippen LogP contribution in [0.4, 0.5) is 0 Å². The van der Waals surface area contributed by atoms with Crippen LogP contribution in [0.3, 0.4) is 0 Å². The summed E-state index contributed by atoms with van der Waals surface area (Å²) in [6.07, 6.45) is 4.24. The zero-order valence-corrected chi connectivity index (χ0v) is 12.8. The minimum absolute atomic E-state index is 0.646. The fraction of sp³-hybridized carbons (Fsp3) is 0.0500. The average Bonchev–Trinajstić information content (AvgIpc) is 2.62. The van der Waals surface area contributed by atoms with Crippen LogP contribution in [0.15, 0.2) is 79.1 Å². The van der Waals surface area contributed by atoms with Crippen LogP contribution in [0.25, 0.3) is 11.4 Å². The third-order valence-corrected chi connectivity index (χ3v) is 3.77. The second-order valence-electron chi connectivity index (χ2n) is 5.39. The van der Waals surface area contributed by atoms with Crippen molar-refractivity contribution < 1.29 is 0 Å². The van der Waals surface area contributed by atoms with Gasteiger partial charge in [0.2, 0.25) is 0 Å². The van der Waals surface area contributed by atoms with Gasteiger partial charge in [0.1, 0.15) is 0 Å². The van der Waals surface area contributed by atoms with Crippen molar-refractivity contribution in [3.05, 3.63) is 101 Å². The highest BCUT2D eigenvalue weighted by atomic mass is 14.6. The number of hydrogen-bond acceptors (Lipinski definition) is 3. The number of benzene rings is 2. The van der Waals surface area contributed by atoms with Gasteiger partial charge in [0.15, 0.2) is 0 Å². The molecule has 3 heteroatoms. The molecule has 0 aliphatic carbocycles. The highest BCUT2D eigenvalue weighted by Crippen LogP contribution is 2.04. The van der Waals surface area contributed by atoms with E-state index in [2.05, 4.69) is 4.98 Å². The Morgan fingerprint density at radius 1 is 0.783 bits per heavy atom. The van der Waals surface area contributed by atoms with Crippen LogP contribution >= 0.6 is 0 Å². The Morgan fingerprint density at radius 3 is 2.17 bits per heavy atom. The molecule has 0 saturated carbocycles. The van der Waals surface area contributed by atoms with Crippen molar-refractivity contribution in [2.45, 2.75) is 6.42 Å². The zero-order valence-electron chi connectivity index (χ0n) is 12.8. The molecule has 0 bridgehead atoms. The van der Waals surface area contributed by atoms with Crippen molar-refractivity contribution in [1.82, 2.24) is 4.98 Å². The second-order valence-corrected chi connectivity index (χ2v) is 5.39. The maximum atomic E-state index is 6.38. The standard InChI is InChI=1S/C20H19N3/c21-19(13-15-7-6-12-23-14-15)17-10-4-5-11-18(17)20(22)16-8-2-1-3-9-16/h1-12,14H,13,21-22H2/b19-17-,20-18-. The zero-order chi connectivity index (χ0) is 16.1. The van der Waals surface area contributed by atoms with E-state index >= 15 is 0 Å². The molecule has 0 amide bonds. The van der Waals surface area contributed by atoms with Crippen LogP contribution in [0.1, 0.15) is 11.1 Å². The van der Waals surface area contributed by atoms with Crippen molar-refractivity contribution in [3.63, 3.8) is 0 Å². The lowest BCUT2D eigenvalue weighted by molar-refractivity contribution is 1.16. The summed E-state index contributed by atoms with van der Waals surface area (Å²) in [7, 11) is 0. The Labute approximate surface area is 135 Å². The summed E-state index contributed by atoms with van der Waals surface area (Å²) in [5.74, 6) is 0. The van der Waals surface area contributed by atoms with E-state index in [1.165, 1.54) is 0 Å². The van der Waals surface area contributed by atoms with Crippen molar-refractivity contribution in [1.29, 1.82) is 0 Å². The lowest BCUT2D eigenvalue weighted by Crippen LogP contribution is -2.34. The van der Waals surface area contributed by atoms with Gasteiger partial charge < -0.3 is 11.5 Å². The molecule has 0 aliphatic rings. The predicted octanol–water partition coefficient (Wildman–Crippen LogP) is 1.51. The van der Waals surface area contributed by atoms with Crippen molar-refractivity contribution >= 4 is 11.4 Å². The summed E-state index contributed by atoms with van der Waals surface area (Å²) in [5, 5.41) is 1.93. The van der Waals surface area contributed by atoms with Crippen LogP contribution in [0.5, 0.6) is 0 Å². The van der Waals surface area contributed by atoms with Gasteiger partial charge in [-0.3, -0.25) is 4.98 Å². The Balaban J connectivity index is 2.16. The number of pyridine rings is 1. The monoisotopic (exact) mass is 301 g/mol. The average molecular weight is 301 g/mol. The summed E-state index contributed by atoms with van der Waals surface area (Å²) in [4.78, 5) is 4.14. The lowest BCUT2D eigenvalue weighted by atomic mass is 10.1. The smallest absolute Gasteiger partial charge is 0.0467 e. The highest BCUT2D eigenvalue weighted by Gasteiger charge is 2.01. The summed E-state index contributed by atoms with van der Waals surface area (Å²) >= 11 is 0. The fourth-order valence-electron chi connectivity index (χ4n) is 2.59. The SMILES string of the molecule is N/C(Cc1cccnc1)=c1/cccc/c1=C(/N)c1ccccc1. The minimum Gasteiger partial charge on any atom is -0.401 e. The molecule has 3 aromatic rings. The van der Waals surface area contributed by atoms with Gasteiger partial charge in [-0.1, -0.05) is 60.7 Å². The van der Waals surface area contributed by atoms with Crippen LogP contribution < -0.4 is 21.9 Å². The molecule has 0 saturated heterocycles. The van der Waals surface area contributed by atoms with Gasteiger partial charge in [0.05, 0.1) is 0 Å². The maximum absolute atomic E-state index is 6.38. The fourth-order valence-corrected chi connectivity index (χ4v) is 2.59. The molecule has 2 aromatic carbocycles. The Hall–Kier alpha value is -3.07. The molecule has 0 radical (unpaired) electrons. The number of rotatable bonds is 3. The summed E-state index contributed by atoms with van der Waals surface area (Å²) < 4.78 is 0. The van der Waals surface area contributed by atoms with E-state index in [0.29, 0.717) is 6.42 Å². The van der Waals surface area contributed by atoms with Crippen LogP contribution in [-0.2, 0) is 6.42 Å². The molecular formula is C20H19N3. The largest absolute Gasteiger partial charge is 0.401 e. The first-order valence-electron chi connectivity index (χ1n) is 7.53. The van der Waals surface area contributed by atoms with Gasteiger partial charge in [-0.05, 0) is 17.2 Å². The topological polar surface area (TPSA) is 64.9 Å². The molecule has 4 N–H and O–H groups in total. The van der Waals surface area contributed by atoms with E-state index < -0.39 is 0 Å². The Kier molecular flexibility index (Phi) is 4.39. The molecule has 0 atom stereocenters. The lowest BCUT2D eigenvalue weighted by Gasteiger charge is -2.05. The summed E-state index contributed by atoms with van der Waals surface area (Å²) in [6, 6.07) is 21.9. The molecule has 0 fully saturated rings. The highest BCUT2D eigenvalue weighted by molar-refractivity contribution is 5.63. The second kappa shape index (κ2) is 6.79. The van der Waals surface area contributed by atoms with E-state index in [1.807, 2.05) is 72.9 Å².